The van der Waals surface area contributed by atoms with Crippen molar-refractivity contribution in [1.29, 1.82) is 0 Å². The number of rotatable bonds is 6. The summed E-state index contributed by atoms with van der Waals surface area (Å²) in [5.74, 6) is -0.958. The lowest BCUT2D eigenvalue weighted by Gasteiger charge is -2.11. The highest BCUT2D eigenvalue weighted by Gasteiger charge is 2.14. The molecule has 1 aromatic carbocycles. The molecule has 1 aromatic rings. The summed E-state index contributed by atoms with van der Waals surface area (Å²) in [4.78, 5) is 22.2. The summed E-state index contributed by atoms with van der Waals surface area (Å²) in [6.45, 7) is 1.98. The van der Waals surface area contributed by atoms with Crippen molar-refractivity contribution in [2.75, 3.05) is 12.3 Å². The molecule has 0 fully saturated rings. The van der Waals surface area contributed by atoms with Crippen LogP contribution in [0, 0.1) is 0 Å². The lowest BCUT2D eigenvalue weighted by Crippen LogP contribution is -2.35. The fourth-order valence-electron chi connectivity index (χ4n) is 1.39. The predicted molar refractivity (Wildman–Crippen MR) is 64.9 cm³/mol. The molecule has 0 saturated heterocycles. The zero-order chi connectivity index (χ0) is 12.8. The fraction of sp³-hybridized carbons (Fsp3) is 0.333. The minimum absolute atomic E-state index is 0.000637. The third kappa shape index (κ3) is 4.24. The molecule has 0 amide bonds. The van der Waals surface area contributed by atoms with Gasteiger partial charge in [0.2, 0.25) is 0 Å². The topological polar surface area (TPSA) is 92.4 Å². The highest BCUT2D eigenvalue weighted by atomic mass is 16.4. The molecule has 92 valence electrons. The number of anilines is 1. The molecular formula is C12H16N2O3. The Kier molecular flexibility index (Phi) is 4.66. The molecule has 0 aliphatic carbocycles. The molecule has 0 bridgehead atoms. The summed E-state index contributed by atoms with van der Waals surface area (Å²) in [5.41, 5.74) is 6.69. The van der Waals surface area contributed by atoms with E-state index in [9.17, 15) is 9.59 Å². The first-order valence-electron chi connectivity index (χ1n) is 5.35. The maximum atomic E-state index is 11.9. The third-order valence-corrected chi connectivity index (χ3v) is 2.38. The smallest absolute Gasteiger partial charge is 0.304 e. The van der Waals surface area contributed by atoms with Crippen LogP contribution in [0.4, 0.5) is 5.69 Å². The normalized spacial score (nSPS) is 12.1. The van der Waals surface area contributed by atoms with Gasteiger partial charge in [0.05, 0.1) is 12.5 Å². The Balaban J connectivity index is 2.51. The molecule has 5 nitrogen and oxygen atoms in total. The van der Waals surface area contributed by atoms with E-state index < -0.39 is 12.0 Å². The first-order valence-corrected chi connectivity index (χ1v) is 5.35. The van der Waals surface area contributed by atoms with E-state index in [1.54, 1.807) is 31.2 Å². The Labute approximate surface area is 99.6 Å². The second-order valence-corrected chi connectivity index (χ2v) is 3.81. The molecule has 1 unspecified atom stereocenters. The number of hydrogen-bond donors (Lipinski definition) is 3. The first kappa shape index (κ1) is 13.2. The minimum atomic E-state index is -0.885. The first-order chi connectivity index (χ1) is 8.00. The van der Waals surface area contributed by atoms with E-state index in [0.717, 1.165) is 0 Å². The quantitative estimate of drug-likeness (QED) is 0.504. The summed E-state index contributed by atoms with van der Waals surface area (Å²) in [7, 11) is 0. The number of carboxylic acids is 1. The van der Waals surface area contributed by atoms with Gasteiger partial charge in [0, 0.05) is 17.8 Å². The van der Waals surface area contributed by atoms with Gasteiger partial charge in [-0.25, -0.2) is 0 Å². The molecular weight excluding hydrogens is 220 g/mol. The van der Waals surface area contributed by atoms with Crippen molar-refractivity contribution >= 4 is 17.4 Å². The van der Waals surface area contributed by atoms with E-state index in [0.29, 0.717) is 11.3 Å². The van der Waals surface area contributed by atoms with E-state index in [4.69, 9.17) is 10.8 Å². The number of carboxylic acid groups (broad SMARTS) is 1. The van der Waals surface area contributed by atoms with Crippen LogP contribution < -0.4 is 11.1 Å². The number of nitrogens with one attached hydrogen (secondary N) is 1. The maximum Gasteiger partial charge on any atom is 0.304 e. The van der Waals surface area contributed by atoms with E-state index in [1.807, 2.05) is 0 Å². The lowest BCUT2D eigenvalue weighted by atomic mass is 10.1. The number of nitrogen functional groups attached to an aromatic ring is 1. The van der Waals surface area contributed by atoms with Crippen molar-refractivity contribution in [3.8, 4) is 0 Å². The standard InChI is InChI=1S/C12H16N2O3/c1-8(14-7-6-11(15)16)12(17)9-2-4-10(13)5-3-9/h2-5,8,14H,6-7,13H2,1H3,(H,15,16). The molecule has 0 aromatic heterocycles. The van der Waals surface area contributed by atoms with Crippen molar-refractivity contribution in [1.82, 2.24) is 5.32 Å². The number of Topliss-reactive ketones (excluding diaryl/α,β-unsaturated/α-hetero) is 1. The van der Waals surface area contributed by atoms with Gasteiger partial charge in [0.1, 0.15) is 0 Å². The van der Waals surface area contributed by atoms with Crippen molar-refractivity contribution in [2.24, 2.45) is 0 Å². The van der Waals surface area contributed by atoms with Crippen molar-refractivity contribution in [3.63, 3.8) is 0 Å². The van der Waals surface area contributed by atoms with Gasteiger partial charge in [-0.3, -0.25) is 9.59 Å². The molecule has 0 saturated carbocycles. The van der Waals surface area contributed by atoms with Gasteiger partial charge in [0.15, 0.2) is 5.78 Å². The van der Waals surface area contributed by atoms with Crippen LogP contribution in [0.15, 0.2) is 24.3 Å². The number of carbonyl (C=O) groups is 2. The Morgan fingerprint density at radius 1 is 1.35 bits per heavy atom. The largest absolute Gasteiger partial charge is 0.481 e. The van der Waals surface area contributed by atoms with Gasteiger partial charge >= 0.3 is 5.97 Å². The maximum absolute atomic E-state index is 11.9. The average molecular weight is 236 g/mol. The van der Waals surface area contributed by atoms with Gasteiger partial charge in [-0.1, -0.05) is 0 Å². The molecule has 5 heteroatoms. The van der Waals surface area contributed by atoms with Crippen molar-refractivity contribution in [3.05, 3.63) is 29.8 Å². The monoisotopic (exact) mass is 236 g/mol. The van der Waals surface area contributed by atoms with Crippen molar-refractivity contribution < 1.29 is 14.7 Å². The average Bonchev–Trinajstić information content (AvgIpc) is 2.28. The van der Waals surface area contributed by atoms with Gasteiger partial charge < -0.3 is 16.2 Å². The Morgan fingerprint density at radius 3 is 2.47 bits per heavy atom. The summed E-state index contributed by atoms with van der Waals surface area (Å²) >= 11 is 0. The molecule has 4 N–H and O–H groups in total. The number of benzene rings is 1. The third-order valence-electron chi connectivity index (χ3n) is 2.38. The predicted octanol–water partition coefficient (Wildman–Crippen LogP) is 0.904. The molecule has 0 heterocycles. The minimum Gasteiger partial charge on any atom is -0.481 e. The molecule has 0 radical (unpaired) electrons. The van der Waals surface area contributed by atoms with E-state index >= 15 is 0 Å². The van der Waals surface area contributed by atoms with Crippen LogP contribution in [0.25, 0.3) is 0 Å². The van der Waals surface area contributed by atoms with E-state index in [1.165, 1.54) is 0 Å². The highest BCUT2D eigenvalue weighted by Crippen LogP contribution is 2.08. The number of nitrogens with two attached hydrogens (primary N) is 1. The zero-order valence-corrected chi connectivity index (χ0v) is 9.64. The van der Waals surface area contributed by atoms with Crippen LogP contribution in [0.2, 0.25) is 0 Å². The number of aliphatic carboxylic acids is 1. The molecule has 0 aliphatic heterocycles. The van der Waals surface area contributed by atoms with Crippen LogP contribution in [-0.4, -0.2) is 29.4 Å². The SMILES string of the molecule is CC(NCCC(=O)O)C(=O)c1ccc(N)cc1. The molecule has 1 atom stereocenters. The van der Waals surface area contributed by atoms with Gasteiger partial charge in [0.25, 0.3) is 0 Å². The Hall–Kier alpha value is -1.88. The summed E-state index contributed by atoms with van der Waals surface area (Å²) < 4.78 is 0. The van der Waals surface area contributed by atoms with Gasteiger partial charge in [-0.15, -0.1) is 0 Å². The number of hydrogen-bond acceptors (Lipinski definition) is 4. The van der Waals surface area contributed by atoms with Crippen LogP contribution in [0.1, 0.15) is 23.7 Å². The Morgan fingerprint density at radius 2 is 1.94 bits per heavy atom. The number of carbonyl (C=O) groups excluding carboxylic acids is 1. The van der Waals surface area contributed by atoms with Gasteiger partial charge in [-0.2, -0.15) is 0 Å². The molecule has 1 rings (SSSR count). The van der Waals surface area contributed by atoms with Crippen LogP contribution >= 0.6 is 0 Å². The van der Waals surface area contributed by atoms with E-state index in [2.05, 4.69) is 5.32 Å². The highest BCUT2D eigenvalue weighted by molar-refractivity contribution is 6.00. The second-order valence-electron chi connectivity index (χ2n) is 3.81. The number of ketones is 1. The van der Waals surface area contributed by atoms with E-state index in [-0.39, 0.29) is 18.7 Å². The van der Waals surface area contributed by atoms with Crippen LogP contribution in [0.3, 0.4) is 0 Å². The van der Waals surface area contributed by atoms with Crippen molar-refractivity contribution in [2.45, 2.75) is 19.4 Å². The fourth-order valence-corrected chi connectivity index (χ4v) is 1.39. The zero-order valence-electron chi connectivity index (χ0n) is 9.64. The molecule has 0 spiro atoms. The summed E-state index contributed by atoms with van der Waals surface area (Å²) in [6.07, 6.45) is -0.000637. The lowest BCUT2D eigenvalue weighted by molar-refractivity contribution is -0.136. The second kappa shape index (κ2) is 6.00. The van der Waals surface area contributed by atoms with Gasteiger partial charge in [-0.05, 0) is 31.2 Å². The Bertz CT molecular complexity index is 401. The molecule has 0 aliphatic rings. The molecule has 17 heavy (non-hydrogen) atoms. The summed E-state index contributed by atoms with van der Waals surface area (Å²) in [6, 6.07) is 6.24. The van der Waals surface area contributed by atoms with Crippen LogP contribution in [-0.2, 0) is 4.79 Å². The summed E-state index contributed by atoms with van der Waals surface area (Å²) in [5, 5.41) is 11.3. The van der Waals surface area contributed by atoms with Crippen LogP contribution in [0.5, 0.6) is 0 Å².